The fraction of sp³-hybridized carbons (Fsp3) is 0.241. The topological polar surface area (TPSA) is 0 Å². The van der Waals surface area contributed by atoms with Crippen LogP contribution in [0.15, 0.2) is 77.9 Å². The Kier molecular flexibility index (Phi) is 8.84. The fourth-order valence-corrected chi connectivity index (χ4v) is 25.8. The molecule has 2 aliphatic carbocycles. The number of benzene rings is 3. The third-order valence-electron chi connectivity index (χ3n) is 7.08. The van der Waals surface area contributed by atoms with E-state index in [1.807, 2.05) is 0 Å². The molecule has 4 heteroatoms. The first-order valence-electron chi connectivity index (χ1n) is 11.3. The zero-order valence-corrected chi connectivity index (χ0v) is 24.8. The molecule has 168 valence electrons. The van der Waals surface area contributed by atoms with Crippen LogP contribution >= 0.6 is 0 Å². The molecule has 5 rings (SSSR count). The van der Waals surface area contributed by atoms with Gasteiger partial charge in [0.25, 0.3) is 0 Å². The Morgan fingerprint density at radius 2 is 1.12 bits per heavy atom. The van der Waals surface area contributed by atoms with Gasteiger partial charge in [-0.1, -0.05) is 0 Å². The van der Waals surface area contributed by atoms with Gasteiger partial charge in [0.1, 0.15) is 0 Å². The Bertz CT molecular complexity index is 1180. The number of hydrogen-bond acceptors (Lipinski definition) is 0. The molecular weight excluding hydrogens is 539 g/mol. The van der Waals surface area contributed by atoms with Crippen LogP contribution in [0, 0.1) is 13.8 Å². The summed E-state index contributed by atoms with van der Waals surface area (Å²) >= 11 is -1.95. The van der Waals surface area contributed by atoms with E-state index in [4.69, 9.17) is 0 Å². The summed E-state index contributed by atoms with van der Waals surface area (Å²) in [6.45, 7) is 9.39. The van der Waals surface area contributed by atoms with Crippen LogP contribution in [0.5, 0.6) is 0 Å². The summed E-state index contributed by atoms with van der Waals surface area (Å²) in [5, 5.41) is 0. The standard InChI is InChI=1S/2C11H11.C7H8Si.2ClH.Zr/c2*1-8-6-10-5-3-4-9(2)11(10)7-8;8-6-7-4-2-1-3-5-7;;;/h2*3-7H,1-2H3;1-5,8H,6H2;2*1H;/q;;;;;+2/p-2. The van der Waals surface area contributed by atoms with E-state index in [0.29, 0.717) is 6.16 Å². The molecule has 2 atom stereocenters. The van der Waals surface area contributed by atoms with Gasteiger partial charge in [0, 0.05) is 0 Å². The van der Waals surface area contributed by atoms with Gasteiger partial charge in [-0.2, -0.15) is 0 Å². The van der Waals surface area contributed by atoms with E-state index in [-0.39, 0.29) is 24.8 Å². The van der Waals surface area contributed by atoms with Crippen molar-refractivity contribution in [3.05, 3.63) is 117 Å². The van der Waals surface area contributed by atoms with Crippen LogP contribution in [-0.2, 0) is 26.4 Å². The van der Waals surface area contributed by atoms with Crippen molar-refractivity contribution in [2.45, 2.75) is 41.0 Å². The monoisotopic (exact) mass is 566 g/mol. The summed E-state index contributed by atoms with van der Waals surface area (Å²) in [5.41, 5.74) is 14.0. The Hall–Kier alpha value is -1.18. The SMILES string of the molecule is CC1=Cc2c(C)cccc2[CH]1[Zr+2](=[SiH]Cc1ccccc1)[CH]1C(C)=Cc2c(C)cccc21.[Cl-].[Cl-]. The van der Waals surface area contributed by atoms with Gasteiger partial charge in [-0.25, -0.2) is 0 Å². The largest absolute Gasteiger partial charge is 1.00 e. The van der Waals surface area contributed by atoms with Gasteiger partial charge >= 0.3 is 196 Å². The van der Waals surface area contributed by atoms with E-state index in [0.717, 1.165) is 7.25 Å². The summed E-state index contributed by atoms with van der Waals surface area (Å²) in [6, 6.07) is 26.5. The normalized spacial score (nSPS) is 17.4. The summed E-state index contributed by atoms with van der Waals surface area (Å²) < 4.78 is 1.44. The Morgan fingerprint density at radius 1 is 0.636 bits per heavy atom. The van der Waals surface area contributed by atoms with Crippen molar-refractivity contribution in [1.29, 1.82) is 0 Å². The molecule has 2 aliphatic rings. The Labute approximate surface area is 219 Å². The number of aryl methyl sites for hydroxylation is 2. The van der Waals surface area contributed by atoms with Crippen LogP contribution in [-0.4, -0.2) is 6.16 Å². The molecule has 0 aliphatic heterocycles. The second-order valence-electron chi connectivity index (χ2n) is 9.19. The van der Waals surface area contributed by atoms with E-state index in [1.54, 1.807) is 22.3 Å². The quantitative estimate of drug-likeness (QED) is 0.414. The van der Waals surface area contributed by atoms with Gasteiger partial charge in [0.05, 0.1) is 0 Å². The van der Waals surface area contributed by atoms with Crippen molar-refractivity contribution in [3.8, 4) is 0 Å². The summed E-state index contributed by atoms with van der Waals surface area (Å²) in [6.07, 6.45) is 5.48. The third-order valence-corrected chi connectivity index (χ3v) is 24.2. The van der Waals surface area contributed by atoms with Crippen molar-refractivity contribution in [1.82, 2.24) is 0 Å². The number of halogens is 2. The van der Waals surface area contributed by atoms with Crippen LogP contribution in [0.2, 0.25) is 0 Å². The zero-order valence-electron chi connectivity index (χ0n) is 19.7. The summed E-state index contributed by atoms with van der Waals surface area (Å²) in [7, 11) is 0. The molecule has 0 N–H and O–H groups in total. The first kappa shape index (κ1) is 26.4. The molecule has 2 unspecified atom stereocenters. The van der Waals surface area contributed by atoms with Crippen LogP contribution < -0.4 is 24.8 Å². The Morgan fingerprint density at radius 3 is 1.61 bits per heavy atom. The molecule has 0 aromatic heterocycles. The van der Waals surface area contributed by atoms with Crippen molar-refractivity contribution >= 4 is 18.3 Å². The van der Waals surface area contributed by atoms with Gasteiger partial charge in [0.15, 0.2) is 0 Å². The predicted octanol–water partition coefficient (Wildman–Crippen LogP) is 1.10. The first-order chi connectivity index (χ1) is 15.0. The second-order valence-corrected chi connectivity index (χ2v) is 22.3. The van der Waals surface area contributed by atoms with Crippen molar-refractivity contribution < 1.29 is 45.2 Å². The minimum atomic E-state index is -1.95. The molecule has 0 saturated heterocycles. The minimum Gasteiger partial charge on any atom is -1.00 e. The van der Waals surface area contributed by atoms with Crippen molar-refractivity contribution in [3.63, 3.8) is 0 Å². The van der Waals surface area contributed by atoms with Crippen LogP contribution in [0.1, 0.15) is 60.0 Å². The van der Waals surface area contributed by atoms with Gasteiger partial charge in [0.2, 0.25) is 0 Å². The van der Waals surface area contributed by atoms with Crippen LogP contribution in [0.4, 0.5) is 0 Å². The van der Waals surface area contributed by atoms with E-state index < -0.39 is 20.4 Å². The zero-order chi connectivity index (χ0) is 21.5. The molecule has 3 aromatic carbocycles. The average Bonchev–Trinajstić information content (AvgIpc) is 3.28. The van der Waals surface area contributed by atoms with E-state index in [2.05, 4.69) is 107 Å². The van der Waals surface area contributed by atoms with Gasteiger partial charge in [-0.15, -0.1) is 0 Å². The maximum absolute atomic E-state index is 2.52. The van der Waals surface area contributed by atoms with Crippen LogP contribution in [0.25, 0.3) is 12.2 Å². The summed E-state index contributed by atoms with van der Waals surface area (Å²) in [5.74, 6) is 0. The molecule has 0 fully saturated rings. The van der Waals surface area contributed by atoms with Crippen molar-refractivity contribution in [2.75, 3.05) is 0 Å². The van der Waals surface area contributed by atoms with Crippen LogP contribution in [0.3, 0.4) is 0 Å². The number of rotatable bonds is 4. The van der Waals surface area contributed by atoms with Crippen molar-refractivity contribution in [2.24, 2.45) is 0 Å². The molecule has 0 amide bonds. The minimum absolute atomic E-state index is 0. The number of hydrogen-bond donors (Lipinski definition) is 0. The molecule has 0 heterocycles. The molecule has 3 aromatic rings. The van der Waals surface area contributed by atoms with Gasteiger partial charge < -0.3 is 24.8 Å². The van der Waals surface area contributed by atoms with E-state index in [1.165, 1.54) is 33.9 Å². The smallest absolute Gasteiger partial charge is 1.00 e. The fourth-order valence-electron chi connectivity index (χ4n) is 5.55. The average molecular weight is 569 g/mol. The molecule has 33 heavy (non-hydrogen) atoms. The second kappa shape index (κ2) is 11.0. The maximum atomic E-state index is 2.52. The summed E-state index contributed by atoms with van der Waals surface area (Å²) in [4.78, 5) is 0. The van der Waals surface area contributed by atoms with E-state index in [9.17, 15) is 0 Å². The van der Waals surface area contributed by atoms with E-state index >= 15 is 0 Å². The third kappa shape index (κ3) is 4.96. The maximum Gasteiger partial charge on any atom is -1.00 e. The number of allylic oxidation sites excluding steroid dienone is 2. The molecule has 0 bridgehead atoms. The Balaban J connectivity index is 0.00000153. The molecule has 0 saturated carbocycles. The molecular formula is C29H30Cl2SiZr. The molecule has 0 radical (unpaired) electrons. The molecule has 0 nitrogen and oxygen atoms in total. The predicted molar refractivity (Wildman–Crippen MR) is 132 cm³/mol. The number of fused-ring (bicyclic) bond motifs is 2. The van der Waals surface area contributed by atoms with Gasteiger partial charge in [-0.3, -0.25) is 0 Å². The first-order valence-corrected chi connectivity index (χ1v) is 19.8. The van der Waals surface area contributed by atoms with Gasteiger partial charge in [-0.05, 0) is 0 Å². The molecule has 0 spiro atoms.